The molecule has 0 aliphatic heterocycles. The molecule has 0 bridgehead atoms. The molecule has 3 aromatic rings. The first-order valence-corrected chi connectivity index (χ1v) is 7.70. The number of rotatable bonds is 3. The average Bonchev–Trinajstić information content (AvgIpc) is 2.78. The molecule has 0 aliphatic rings. The molecule has 0 atom stereocenters. The van der Waals surface area contributed by atoms with Crippen LogP contribution < -0.4 is 0 Å². The standard InChI is InChI=1S/C17H16BrN/c1-2-19-16-8-4-3-7-14(16)15-12-13(6-5-11-18)9-10-17(15)19/h3-10,12H,2,11H2,1H3. The molecule has 0 N–H and O–H groups in total. The number of alkyl halides is 1. The maximum atomic E-state index is 3.42. The quantitative estimate of drug-likeness (QED) is 0.584. The Kier molecular flexibility index (Phi) is 3.43. The first-order chi connectivity index (χ1) is 9.35. The molecule has 0 unspecified atom stereocenters. The van der Waals surface area contributed by atoms with E-state index in [1.165, 1.54) is 27.4 Å². The van der Waals surface area contributed by atoms with E-state index in [-0.39, 0.29) is 0 Å². The Morgan fingerprint density at radius 3 is 2.63 bits per heavy atom. The smallest absolute Gasteiger partial charge is 0.0491 e. The van der Waals surface area contributed by atoms with Crippen LogP contribution in [0.3, 0.4) is 0 Å². The maximum Gasteiger partial charge on any atom is 0.0491 e. The molecule has 19 heavy (non-hydrogen) atoms. The van der Waals surface area contributed by atoms with E-state index in [4.69, 9.17) is 0 Å². The first kappa shape index (κ1) is 12.5. The summed E-state index contributed by atoms with van der Waals surface area (Å²) < 4.78 is 2.38. The van der Waals surface area contributed by atoms with Gasteiger partial charge in [0, 0.05) is 33.7 Å². The van der Waals surface area contributed by atoms with Crippen LogP contribution in [-0.4, -0.2) is 9.90 Å². The molecule has 1 heterocycles. The summed E-state index contributed by atoms with van der Waals surface area (Å²) in [4.78, 5) is 0. The molecular weight excluding hydrogens is 298 g/mol. The van der Waals surface area contributed by atoms with Crippen LogP contribution in [-0.2, 0) is 6.54 Å². The Morgan fingerprint density at radius 1 is 1.05 bits per heavy atom. The van der Waals surface area contributed by atoms with E-state index in [1.807, 2.05) is 0 Å². The van der Waals surface area contributed by atoms with E-state index in [0.29, 0.717) is 0 Å². The van der Waals surface area contributed by atoms with Gasteiger partial charge in [0.25, 0.3) is 0 Å². The number of allylic oxidation sites excluding steroid dienone is 1. The van der Waals surface area contributed by atoms with E-state index in [1.54, 1.807) is 0 Å². The zero-order chi connectivity index (χ0) is 13.2. The molecule has 0 saturated carbocycles. The number of hydrogen-bond acceptors (Lipinski definition) is 0. The van der Waals surface area contributed by atoms with Crippen molar-refractivity contribution in [2.45, 2.75) is 13.5 Å². The molecule has 2 heteroatoms. The van der Waals surface area contributed by atoms with E-state index in [0.717, 1.165) is 11.9 Å². The number of hydrogen-bond donors (Lipinski definition) is 0. The van der Waals surface area contributed by atoms with Crippen molar-refractivity contribution >= 4 is 43.8 Å². The lowest BCUT2D eigenvalue weighted by Gasteiger charge is -2.02. The summed E-state index contributed by atoms with van der Waals surface area (Å²) in [6.07, 6.45) is 4.28. The van der Waals surface area contributed by atoms with Crippen LogP contribution in [0, 0.1) is 0 Å². The Balaban J connectivity index is 2.33. The van der Waals surface area contributed by atoms with Crippen molar-refractivity contribution in [2.75, 3.05) is 5.33 Å². The van der Waals surface area contributed by atoms with E-state index in [9.17, 15) is 0 Å². The minimum absolute atomic E-state index is 0.891. The van der Waals surface area contributed by atoms with Gasteiger partial charge in [0.05, 0.1) is 0 Å². The number of nitrogens with zero attached hydrogens (tertiary/aromatic N) is 1. The van der Waals surface area contributed by atoms with Crippen LogP contribution in [0.5, 0.6) is 0 Å². The first-order valence-electron chi connectivity index (χ1n) is 6.58. The van der Waals surface area contributed by atoms with Gasteiger partial charge in [-0.1, -0.05) is 52.3 Å². The van der Waals surface area contributed by atoms with Crippen LogP contribution in [0.25, 0.3) is 27.9 Å². The fraction of sp³-hybridized carbons (Fsp3) is 0.176. The number of aryl methyl sites for hydroxylation is 1. The van der Waals surface area contributed by atoms with Gasteiger partial charge in [0.15, 0.2) is 0 Å². The lowest BCUT2D eigenvalue weighted by molar-refractivity contribution is 0.827. The van der Waals surface area contributed by atoms with E-state index >= 15 is 0 Å². The molecule has 1 aromatic heterocycles. The molecule has 0 aliphatic carbocycles. The number of fused-ring (bicyclic) bond motifs is 3. The van der Waals surface area contributed by atoms with Gasteiger partial charge in [0.1, 0.15) is 0 Å². The molecule has 3 rings (SSSR count). The van der Waals surface area contributed by atoms with Gasteiger partial charge in [-0.2, -0.15) is 0 Å². The second-order valence-electron chi connectivity index (χ2n) is 4.59. The van der Waals surface area contributed by atoms with Crippen LogP contribution in [0.2, 0.25) is 0 Å². The van der Waals surface area contributed by atoms with Crippen molar-refractivity contribution in [2.24, 2.45) is 0 Å². The molecule has 0 saturated heterocycles. The predicted molar refractivity (Wildman–Crippen MR) is 87.9 cm³/mol. The van der Waals surface area contributed by atoms with Crippen molar-refractivity contribution in [3.63, 3.8) is 0 Å². The van der Waals surface area contributed by atoms with Gasteiger partial charge in [-0.3, -0.25) is 0 Å². The summed E-state index contributed by atoms with van der Waals surface area (Å²) in [5.74, 6) is 0. The van der Waals surface area contributed by atoms with Gasteiger partial charge in [-0.25, -0.2) is 0 Å². The van der Waals surface area contributed by atoms with Gasteiger partial charge >= 0.3 is 0 Å². The Morgan fingerprint density at radius 2 is 1.84 bits per heavy atom. The van der Waals surface area contributed by atoms with E-state index < -0.39 is 0 Å². The van der Waals surface area contributed by atoms with Crippen molar-refractivity contribution < 1.29 is 0 Å². The number of para-hydroxylation sites is 1. The predicted octanol–water partition coefficient (Wildman–Crippen LogP) is 5.22. The van der Waals surface area contributed by atoms with Crippen LogP contribution >= 0.6 is 15.9 Å². The van der Waals surface area contributed by atoms with Gasteiger partial charge < -0.3 is 4.57 Å². The highest BCUT2D eigenvalue weighted by Gasteiger charge is 2.08. The normalized spacial score (nSPS) is 11.9. The number of aromatic nitrogens is 1. The fourth-order valence-corrected chi connectivity index (χ4v) is 2.88. The molecule has 0 amide bonds. The molecule has 0 radical (unpaired) electrons. The Bertz CT molecular complexity index is 752. The molecular formula is C17H16BrN. The summed E-state index contributed by atoms with van der Waals surface area (Å²) >= 11 is 3.42. The molecule has 96 valence electrons. The minimum Gasteiger partial charge on any atom is -0.341 e. The minimum atomic E-state index is 0.891. The van der Waals surface area contributed by atoms with Crippen molar-refractivity contribution in [3.05, 3.63) is 54.1 Å². The summed E-state index contributed by atoms with van der Waals surface area (Å²) in [7, 11) is 0. The third-order valence-electron chi connectivity index (χ3n) is 3.51. The third-order valence-corrected chi connectivity index (χ3v) is 3.89. The lowest BCUT2D eigenvalue weighted by atomic mass is 10.1. The largest absolute Gasteiger partial charge is 0.341 e. The second-order valence-corrected chi connectivity index (χ2v) is 5.24. The highest BCUT2D eigenvalue weighted by Crippen LogP contribution is 2.29. The van der Waals surface area contributed by atoms with Crippen LogP contribution in [0.4, 0.5) is 0 Å². The highest BCUT2D eigenvalue weighted by molar-refractivity contribution is 9.09. The lowest BCUT2D eigenvalue weighted by Crippen LogP contribution is -1.92. The van der Waals surface area contributed by atoms with Gasteiger partial charge in [-0.15, -0.1) is 0 Å². The van der Waals surface area contributed by atoms with Crippen molar-refractivity contribution in [3.8, 4) is 0 Å². The summed E-state index contributed by atoms with van der Waals surface area (Å²) in [5.41, 5.74) is 3.90. The van der Waals surface area contributed by atoms with Crippen molar-refractivity contribution in [1.29, 1.82) is 0 Å². The van der Waals surface area contributed by atoms with Crippen molar-refractivity contribution in [1.82, 2.24) is 4.57 Å². The molecule has 0 spiro atoms. The van der Waals surface area contributed by atoms with Crippen LogP contribution in [0.1, 0.15) is 12.5 Å². The van der Waals surface area contributed by atoms with Crippen LogP contribution in [0.15, 0.2) is 48.5 Å². The average molecular weight is 314 g/mol. The van der Waals surface area contributed by atoms with Gasteiger partial charge in [0.2, 0.25) is 0 Å². The Hall–Kier alpha value is -1.54. The SMILES string of the molecule is CCn1c2ccccc2c2cc(C=CCBr)ccc21. The summed E-state index contributed by atoms with van der Waals surface area (Å²) in [6, 6.07) is 15.3. The second kappa shape index (κ2) is 5.22. The van der Waals surface area contributed by atoms with Gasteiger partial charge in [-0.05, 0) is 30.7 Å². The topological polar surface area (TPSA) is 4.93 Å². The fourth-order valence-electron chi connectivity index (χ4n) is 2.70. The van der Waals surface area contributed by atoms with E-state index in [2.05, 4.69) is 82.0 Å². The zero-order valence-electron chi connectivity index (χ0n) is 10.9. The molecule has 0 fully saturated rings. The molecule has 2 aromatic carbocycles. The summed E-state index contributed by atoms with van der Waals surface area (Å²) in [5, 5.41) is 3.57. The number of halogens is 1. The monoisotopic (exact) mass is 313 g/mol. The third kappa shape index (κ3) is 2.10. The summed E-state index contributed by atoms with van der Waals surface area (Å²) in [6.45, 7) is 3.20. The zero-order valence-corrected chi connectivity index (χ0v) is 12.5. The number of benzene rings is 2. The maximum absolute atomic E-state index is 3.42. The Labute approximate surface area is 121 Å². The highest BCUT2D eigenvalue weighted by atomic mass is 79.9. The molecule has 1 nitrogen and oxygen atoms in total.